The minimum Gasteiger partial charge on any atom is -0.493 e. The van der Waals surface area contributed by atoms with Crippen LogP contribution in [0.25, 0.3) is 0 Å². The molecule has 0 saturated carbocycles. The van der Waals surface area contributed by atoms with E-state index in [-0.39, 0.29) is 5.91 Å². The van der Waals surface area contributed by atoms with E-state index < -0.39 is 0 Å². The van der Waals surface area contributed by atoms with Crippen molar-refractivity contribution in [2.24, 2.45) is 7.05 Å². The van der Waals surface area contributed by atoms with Crippen molar-refractivity contribution >= 4 is 21.8 Å². The number of halogens is 1. The van der Waals surface area contributed by atoms with E-state index in [1.54, 1.807) is 32.0 Å². The first-order valence-corrected chi connectivity index (χ1v) is 7.68. The third kappa shape index (κ3) is 3.79. The number of nitrogens with one attached hydrogen (secondary N) is 1. The predicted octanol–water partition coefficient (Wildman–Crippen LogP) is 2.74. The lowest BCUT2D eigenvalue weighted by Gasteiger charge is -2.14. The van der Waals surface area contributed by atoms with E-state index in [9.17, 15) is 4.79 Å². The van der Waals surface area contributed by atoms with Gasteiger partial charge in [0, 0.05) is 24.3 Å². The first kappa shape index (κ1) is 17.2. The molecule has 1 amide bonds. The van der Waals surface area contributed by atoms with Gasteiger partial charge in [-0.15, -0.1) is 0 Å². The van der Waals surface area contributed by atoms with Crippen LogP contribution < -0.4 is 19.5 Å². The maximum Gasteiger partial charge on any atom is 0.268 e. The summed E-state index contributed by atoms with van der Waals surface area (Å²) in [5.74, 6) is 1.47. The molecule has 0 aliphatic rings. The van der Waals surface area contributed by atoms with Crippen molar-refractivity contribution in [3.8, 4) is 17.2 Å². The molecule has 0 saturated heterocycles. The molecule has 0 radical (unpaired) electrons. The van der Waals surface area contributed by atoms with Crippen LogP contribution in [-0.4, -0.2) is 31.8 Å². The third-order valence-corrected chi connectivity index (χ3v) is 3.82. The van der Waals surface area contributed by atoms with Gasteiger partial charge in [0.05, 0.1) is 21.3 Å². The van der Waals surface area contributed by atoms with Crippen molar-refractivity contribution in [1.29, 1.82) is 0 Å². The Hall–Kier alpha value is -2.15. The number of carbonyl (C=O) groups is 1. The average Bonchev–Trinajstić information content (AvgIpc) is 2.89. The topological polar surface area (TPSA) is 61.7 Å². The largest absolute Gasteiger partial charge is 0.493 e. The number of nitrogens with zero attached hydrogens (tertiary/aromatic N) is 1. The highest BCUT2D eigenvalue weighted by atomic mass is 79.9. The van der Waals surface area contributed by atoms with Crippen LogP contribution in [0.5, 0.6) is 17.2 Å². The normalized spacial score (nSPS) is 10.3. The molecule has 0 spiro atoms. The second-order valence-corrected chi connectivity index (χ2v) is 5.79. The molecule has 1 aromatic heterocycles. The van der Waals surface area contributed by atoms with Crippen LogP contribution in [0.3, 0.4) is 0 Å². The Labute approximate surface area is 143 Å². The number of aromatic nitrogens is 1. The average molecular weight is 383 g/mol. The van der Waals surface area contributed by atoms with Gasteiger partial charge in [-0.1, -0.05) is 0 Å². The summed E-state index contributed by atoms with van der Waals surface area (Å²) in [6.07, 6.45) is 1.83. The summed E-state index contributed by atoms with van der Waals surface area (Å²) in [5, 5.41) is 2.88. The SMILES string of the molecule is COc1cc(CNC(=O)c2cc(Br)cn2C)cc(OC)c1OC. The van der Waals surface area contributed by atoms with Gasteiger partial charge >= 0.3 is 0 Å². The number of amides is 1. The van der Waals surface area contributed by atoms with Gasteiger partial charge in [-0.2, -0.15) is 0 Å². The molecule has 0 unspecified atom stereocenters. The standard InChI is InChI=1S/C16H19BrN2O4/c1-19-9-11(17)7-12(19)16(20)18-8-10-5-13(21-2)15(23-4)14(6-10)22-3/h5-7,9H,8H2,1-4H3,(H,18,20). The zero-order chi connectivity index (χ0) is 17.0. The molecule has 2 rings (SSSR count). The molecule has 124 valence electrons. The highest BCUT2D eigenvalue weighted by Crippen LogP contribution is 2.38. The quantitative estimate of drug-likeness (QED) is 0.834. The van der Waals surface area contributed by atoms with E-state index in [1.165, 1.54) is 0 Å². The zero-order valence-corrected chi connectivity index (χ0v) is 15.1. The van der Waals surface area contributed by atoms with Crippen LogP contribution in [-0.2, 0) is 13.6 Å². The van der Waals surface area contributed by atoms with E-state index in [2.05, 4.69) is 21.2 Å². The van der Waals surface area contributed by atoms with Gasteiger partial charge in [-0.05, 0) is 39.7 Å². The molecule has 1 N–H and O–H groups in total. The fourth-order valence-corrected chi connectivity index (χ4v) is 2.78. The highest BCUT2D eigenvalue weighted by Gasteiger charge is 2.15. The summed E-state index contributed by atoms with van der Waals surface area (Å²) in [7, 11) is 6.48. The van der Waals surface area contributed by atoms with Gasteiger partial charge in [-0.3, -0.25) is 4.79 Å². The number of rotatable bonds is 6. The van der Waals surface area contributed by atoms with E-state index in [1.807, 2.05) is 25.4 Å². The van der Waals surface area contributed by atoms with Crippen LogP contribution in [0.4, 0.5) is 0 Å². The molecular formula is C16H19BrN2O4. The minimum atomic E-state index is -0.160. The fourth-order valence-electron chi connectivity index (χ4n) is 2.26. The monoisotopic (exact) mass is 382 g/mol. The molecule has 1 heterocycles. The summed E-state index contributed by atoms with van der Waals surface area (Å²) in [6, 6.07) is 5.38. The summed E-state index contributed by atoms with van der Waals surface area (Å²) < 4.78 is 18.5. The summed E-state index contributed by atoms with van der Waals surface area (Å²) in [6.45, 7) is 0.346. The van der Waals surface area contributed by atoms with Gasteiger partial charge in [0.15, 0.2) is 11.5 Å². The van der Waals surface area contributed by atoms with Crippen LogP contribution in [0.1, 0.15) is 16.1 Å². The molecule has 1 aromatic carbocycles. The number of benzene rings is 1. The molecule has 0 atom stereocenters. The Kier molecular flexibility index (Phi) is 5.54. The number of carbonyl (C=O) groups excluding carboxylic acids is 1. The first-order chi connectivity index (χ1) is 11.0. The molecule has 2 aromatic rings. The third-order valence-electron chi connectivity index (χ3n) is 3.38. The van der Waals surface area contributed by atoms with Crippen LogP contribution in [0.2, 0.25) is 0 Å². The van der Waals surface area contributed by atoms with Crippen molar-refractivity contribution in [3.63, 3.8) is 0 Å². The number of methoxy groups -OCH3 is 3. The molecule has 0 aliphatic heterocycles. The highest BCUT2D eigenvalue weighted by molar-refractivity contribution is 9.10. The minimum absolute atomic E-state index is 0.160. The molecule has 7 heteroatoms. The molecule has 0 bridgehead atoms. The van der Waals surface area contributed by atoms with E-state index in [0.717, 1.165) is 10.0 Å². The molecule has 0 fully saturated rings. The predicted molar refractivity (Wildman–Crippen MR) is 90.4 cm³/mol. The van der Waals surface area contributed by atoms with E-state index >= 15 is 0 Å². The van der Waals surface area contributed by atoms with Gasteiger partial charge < -0.3 is 24.1 Å². The van der Waals surface area contributed by atoms with Crippen LogP contribution >= 0.6 is 15.9 Å². The van der Waals surface area contributed by atoms with Crippen molar-refractivity contribution in [2.45, 2.75) is 6.54 Å². The van der Waals surface area contributed by atoms with Gasteiger partial charge in [0.25, 0.3) is 5.91 Å². The van der Waals surface area contributed by atoms with Crippen LogP contribution in [0.15, 0.2) is 28.9 Å². The number of hydrogen-bond donors (Lipinski definition) is 1. The van der Waals surface area contributed by atoms with Crippen molar-refractivity contribution in [2.75, 3.05) is 21.3 Å². The second-order valence-electron chi connectivity index (χ2n) is 4.87. The maximum absolute atomic E-state index is 12.2. The molecule has 6 nitrogen and oxygen atoms in total. The first-order valence-electron chi connectivity index (χ1n) is 6.89. The summed E-state index contributed by atoms with van der Waals surface area (Å²) in [4.78, 5) is 12.2. The lowest BCUT2D eigenvalue weighted by atomic mass is 10.1. The Morgan fingerprint density at radius 2 is 1.74 bits per heavy atom. The van der Waals surface area contributed by atoms with Crippen LogP contribution in [0, 0.1) is 0 Å². The Bertz CT molecular complexity index is 687. The molecular weight excluding hydrogens is 364 g/mol. The number of ether oxygens (including phenoxy) is 3. The summed E-state index contributed by atoms with van der Waals surface area (Å²) in [5.41, 5.74) is 1.42. The zero-order valence-electron chi connectivity index (χ0n) is 13.5. The maximum atomic E-state index is 12.2. The number of hydrogen-bond acceptors (Lipinski definition) is 4. The van der Waals surface area contributed by atoms with Gasteiger partial charge in [0.1, 0.15) is 5.69 Å². The van der Waals surface area contributed by atoms with Crippen molar-refractivity contribution in [1.82, 2.24) is 9.88 Å². The second kappa shape index (κ2) is 7.41. The van der Waals surface area contributed by atoms with E-state index in [0.29, 0.717) is 29.5 Å². The lowest BCUT2D eigenvalue weighted by Crippen LogP contribution is -2.24. The Morgan fingerprint density at radius 3 is 2.17 bits per heavy atom. The fraction of sp³-hybridized carbons (Fsp3) is 0.312. The Morgan fingerprint density at radius 1 is 1.13 bits per heavy atom. The van der Waals surface area contributed by atoms with Gasteiger partial charge in [-0.25, -0.2) is 0 Å². The number of aryl methyl sites for hydroxylation is 1. The molecule has 23 heavy (non-hydrogen) atoms. The van der Waals surface area contributed by atoms with E-state index in [4.69, 9.17) is 14.2 Å². The smallest absolute Gasteiger partial charge is 0.268 e. The lowest BCUT2D eigenvalue weighted by molar-refractivity contribution is 0.0942. The van der Waals surface area contributed by atoms with Crippen molar-refractivity contribution in [3.05, 3.63) is 40.1 Å². The van der Waals surface area contributed by atoms with Crippen molar-refractivity contribution < 1.29 is 19.0 Å². The van der Waals surface area contributed by atoms with Gasteiger partial charge in [0.2, 0.25) is 5.75 Å². The Balaban J connectivity index is 2.17. The molecule has 0 aliphatic carbocycles. The summed E-state index contributed by atoms with van der Waals surface area (Å²) >= 11 is 3.35.